The molecule has 0 aromatic heterocycles. The molecule has 0 atom stereocenters. The van der Waals surface area contributed by atoms with Crippen LogP contribution in [0.5, 0.6) is 0 Å². The van der Waals surface area contributed by atoms with Gasteiger partial charge in [-0.05, 0) is 6.92 Å². The van der Waals surface area contributed by atoms with Gasteiger partial charge in [0, 0.05) is 45.5 Å². The number of aliphatic hydroxyl groups is 2. The largest absolute Gasteiger partial charge is 0.450 e. The Morgan fingerprint density at radius 1 is 1.21 bits per heavy atom. The van der Waals surface area contributed by atoms with E-state index < -0.39 is 5.91 Å². The number of nitrogens with zero attached hydrogens (tertiary/aromatic N) is 4. The van der Waals surface area contributed by atoms with Gasteiger partial charge in [-0.15, -0.1) is 0 Å². The van der Waals surface area contributed by atoms with Gasteiger partial charge in [-0.3, -0.25) is 4.79 Å². The van der Waals surface area contributed by atoms with E-state index in [0.29, 0.717) is 32.8 Å². The van der Waals surface area contributed by atoms with Gasteiger partial charge >= 0.3 is 6.09 Å². The van der Waals surface area contributed by atoms with Crippen LogP contribution in [0.15, 0.2) is 11.8 Å². The Morgan fingerprint density at radius 3 is 2.25 bits per heavy atom. The molecule has 24 heavy (non-hydrogen) atoms. The number of hydrogen-bond donors (Lipinski definition) is 2. The van der Waals surface area contributed by atoms with Crippen molar-refractivity contribution in [1.82, 2.24) is 14.7 Å². The van der Waals surface area contributed by atoms with E-state index in [1.807, 2.05) is 6.07 Å². The molecule has 0 unspecified atom stereocenters. The minimum absolute atomic E-state index is 0.0506. The lowest BCUT2D eigenvalue weighted by Gasteiger charge is -2.33. The minimum Gasteiger partial charge on any atom is -0.450 e. The quantitative estimate of drug-likeness (QED) is 0.450. The van der Waals surface area contributed by atoms with E-state index in [-0.39, 0.29) is 38.0 Å². The predicted molar refractivity (Wildman–Crippen MR) is 84.6 cm³/mol. The highest BCUT2D eigenvalue weighted by Gasteiger charge is 2.23. The summed E-state index contributed by atoms with van der Waals surface area (Å²) in [5.41, 5.74) is -0.0681. The smallest absolute Gasteiger partial charge is 0.409 e. The molecule has 1 aliphatic rings. The van der Waals surface area contributed by atoms with Gasteiger partial charge < -0.3 is 29.6 Å². The molecule has 2 amide bonds. The van der Waals surface area contributed by atoms with Crippen molar-refractivity contribution in [3.63, 3.8) is 0 Å². The van der Waals surface area contributed by atoms with E-state index in [1.54, 1.807) is 16.7 Å². The summed E-state index contributed by atoms with van der Waals surface area (Å²) in [6.07, 6.45) is 1.10. The molecular formula is C15H24N4O5. The molecule has 0 bridgehead atoms. The van der Waals surface area contributed by atoms with Gasteiger partial charge in [-0.1, -0.05) is 0 Å². The van der Waals surface area contributed by atoms with E-state index in [0.717, 1.165) is 0 Å². The third-order valence-electron chi connectivity index (χ3n) is 3.53. The monoisotopic (exact) mass is 340 g/mol. The lowest BCUT2D eigenvalue weighted by atomic mass is 10.2. The maximum atomic E-state index is 12.3. The average Bonchev–Trinajstić information content (AvgIpc) is 2.59. The molecule has 2 N–H and O–H groups in total. The summed E-state index contributed by atoms with van der Waals surface area (Å²) in [6, 6.07) is 1.86. The van der Waals surface area contributed by atoms with E-state index in [2.05, 4.69) is 0 Å². The van der Waals surface area contributed by atoms with Crippen LogP contribution in [-0.2, 0) is 9.53 Å². The summed E-state index contributed by atoms with van der Waals surface area (Å²) in [5.74, 6) is -0.534. The Balaban J connectivity index is 2.68. The third-order valence-corrected chi connectivity index (χ3v) is 3.53. The molecule has 134 valence electrons. The van der Waals surface area contributed by atoms with Gasteiger partial charge in [0.2, 0.25) is 0 Å². The highest BCUT2D eigenvalue weighted by molar-refractivity contribution is 5.97. The number of ether oxygens (including phenoxy) is 1. The molecule has 9 heteroatoms. The summed E-state index contributed by atoms with van der Waals surface area (Å²) in [6.45, 7) is 3.52. The van der Waals surface area contributed by atoms with Crippen molar-refractivity contribution in [1.29, 1.82) is 5.26 Å². The van der Waals surface area contributed by atoms with Crippen molar-refractivity contribution < 1.29 is 24.5 Å². The Bertz CT molecular complexity index is 489. The topological polar surface area (TPSA) is 117 Å². The lowest BCUT2D eigenvalue weighted by Crippen LogP contribution is -2.47. The van der Waals surface area contributed by atoms with Crippen molar-refractivity contribution in [2.75, 3.05) is 59.1 Å². The summed E-state index contributed by atoms with van der Waals surface area (Å²) < 4.78 is 4.93. The second-order valence-electron chi connectivity index (χ2n) is 5.12. The minimum atomic E-state index is -0.534. The molecule has 1 rings (SSSR count). The first kappa shape index (κ1) is 19.7. The number of carbonyl (C=O) groups is 2. The van der Waals surface area contributed by atoms with Gasteiger partial charge in [0.1, 0.15) is 11.6 Å². The summed E-state index contributed by atoms with van der Waals surface area (Å²) in [5, 5.41) is 27.2. The Labute approximate surface area is 141 Å². The summed E-state index contributed by atoms with van der Waals surface area (Å²) in [4.78, 5) is 28.5. The van der Waals surface area contributed by atoms with Crippen LogP contribution >= 0.6 is 0 Å². The molecule has 0 saturated carbocycles. The van der Waals surface area contributed by atoms with Crippen molar-refractivity contribution in [3.8, 4) is 6.07 Å². The fourth-order valence-corrected chi connectivity index (χ4v) is 2.29. The number of hydrogen-bond acceptors (Lipinski definition) is 7. The van der Waals surface area contributed by atoms with Crippen LogP contribution in [0.25, 0.3) is 0 Å². The van der Waals surface area contributed by atoms with E-state index in [1.165, 1.54) is 11.1 Å². The fraction of sp³-hybridized carbons (Fsp3) is 0.667. The molecule has 1 aliphatic heterocycles. The second-order valence-corrected chi connectivity index (χ2v) is 5.12. The van der Waals surface area contributed by atoms with Crippen LogP contribution in [0.1, 0.15) is 6.92 Å². The summed E-state index contributed by atoms with van der Waals surface area (Å²) >= 11 is 0. The second kappa shape index (κ2) is 10.5. The number of piperazine rings is 1. The molecule has 9 nitrogen and oxygen atoms in total. The van der Waals surface area contributed by atoms with Gasteiger partial charge in [0.15, 0.2) is 0 Å². The normalized spacial score (nSPS) is 15.0. The summed E-state index contributed by atoms with van der Waals surface area (Å²) in [7, 11) is 0. The zero-order chi connectivity index (χ0) is 17.9. The Morgan fingerprint density at radius 2 is 1.79 bits per heavy atom. The van der Waals surface area contributed by atoms with Crippen LogP contribution < -0.4 is 0 Å². The zero-order valence-electron chi connectivity index (χ0n) is 13.8. The average molecular weight is 340 g/mol. The first-order chi connectivity index (χ1) is 11.6. The maximum absolute atomic E-state index is 12.3. The molecule has 1 fully saturated rings. The van der Waals surface area contributed by atoms with Crippen LogP contribution in [0.3, 0.4) is 0 Å². The van der Waals surface area contributed by atoms with Gasteiger partial charge in [0.05, 0.1) is 19.8 Å². The first-order valence-electron chi connectivity index (χ1n) is 7.86. The molecule has 1 heterocycles. The number of carbonyl (C=O) groups excluding carboxylic acids is 2. The zero-order valence-corrected chi connectivity index (χ0v) is 13.8. The molecule has 0 radical (unpaired) electrons. The maximum Gasteiger partial charge on any atom is 0.409 e. The number of aliphatic hydroxyl groups excluding tert-OH is 2. The fourth-order valence-electron chi connectivity index (χ4n) is 2.29. The number of nitriles is 1. The molecule has 0 aliphatic carbocycles. The number of rotatable bonds is 7. The molecule has 0 spiro atoms. The highest BCUT2D eigenvalue weighted by atomic mass is 16.6. The van der Waals surface area contributed by atoms with Crippen molar-refractivity contribution >= 4 is 12.0 Å². The SMILES string of the molecule is CCOC(=O)N1CCN(/C=C(/C#N)C(=O)N(CCO)CCO)CC1. The van der Waals surface area contributed by atoms with Gasteiger partial charge in [0.25, 0.3) is 5.91 Å². The van der Waals surface area contributed by atoms with Crippen molar-refractivity contribution in [2.24, 2.45) is 0 Å². The van der Waals surface area contributed by atoms with Crippen LogP contribution in [0.2, 0.25) is 0 Å². The van der Waals surface area contributed by atoms with E-state index in [4.69, 9.17) is 14.9 Å². The van der Waals surface area contributed by atoms with E-state index >= 15 is 0 Å². The van der Waals surface area contributed by atoms with Crippen LogP contribution in [-0.4, -0.2) is 96.0 Å². The van der Waals surface area contributed by atoms with Gasteiger partial charge in [-0.2, -0.15) is 5.26 Å². The molecular weight excluding hydrogens is 316 g/mol. The Hall–Kier alpha value is -2.31. The molecule has 0 aromatic rings. The molecule has 1 saturated heterocycles. The van der Waals surface area contributed by atoms with E-state index in [9.17, 15) is 14.9 Å². The van der Waals surface area contributed by atoms with Crippen LogP contribution in [0.4, 0.5) is 4.79 Å². The highest BCUT2D eigenvalue weighted by Crippen LogP contribution is 2.08. The third kappa shape index (κ3) is 5.72. The van der Waals surface area contributed by atoms with Crippen molar-refractivity contribution in [3.05, 3.63) is 11.8 Å². The lowest BCUT2D eigenvalue weighted by molar-refractivity contribution is -0.127. The number of amides is 2. The Kier molecular flexibility index (Phi) is 8.60. The van der Waals surface area contributed by atoms with Gasteiger partial charge in [-0.25, -0.2) is 4.79 Å². The first-order valence-corrected chi connectivity index (χ1v) is 7.86. The standard InChI is InChI=1S/C15H24N4O5/c1-2-24-15(23)19-5-3-17(4-6-19)12-13(11-16)14(22)18(7-9-20)8-10-21/h12,20-21H,2-10H2,1H3/b13-12-. The van der Waals surface area contributed by atoms with Crippen molar-refractivity contribution in [2.45, 2.75) is 6.92 Å². The van der Waals surface area contributed by atoms with Crippen LogP contribution in [0, 0.1) is 11.3 Å². The predicted octanol–water partition coefficient (Wildman–Crippen LogP) is -1.02. The molecule has 0 aromatic carbocycles.